The van der Waals surface area contributed by atoms with Crippen LogP contribution in [0.25, 0.3) is 77.6 Å². The average Bonchev–Trinajstić information content (AvgIpc) is 3.98. The van der Waals surface area contributed by atoms with Gasteiger partial charge >= 0.3 is 0 Å². The van der Waals surface area contributed by atoms with E-state index in [4.69, 9.17) is 4.42 Å². The minimum absolute atomic E-state index is 0.285. The summed E-state index contributed by atoms with van der Waals surface area (Å²) in [4.78, 5) is 4.94. The molecule has 334 valence electrons. The van der Waals surface area contributed by atoms with E-state index in [9.17, 15) is 0 Å². The highest BCUT2D eigenvalue weighted by atomic mass is 16.3. The van der Waals surface area contributed by atoms with Crippen molar-refractivity contribution in [1.29, 1.82) is 0 Å². The Balaban J connectivity index is 0.833. The van der Waals surface area contributed by atoms with E-state index in [1.165, 1.54) is 61.4 Å². The van der Waals surface area contributed by atoms with Crippen LogP contribution in [-0.4, -0.2) is 6.04 Å². The SMILES string of the molecule is CC1CC=CC2C1c1cc(-c3ccc(N(c4ccc(-c5ccc(-c6ccccc6)cc5)cc4)c4ccc(-c5ccc6oc7ccccc7c6c5)cc4)cc3)ccc1N2c1ccc(-c2ccccc2)cc1. The number of anilines is 5. The van der Waals surface area contributed by atoms with Crippen LogP contribution in [0.4, 0.5) is 28.4 Å². The fraction of sp³-hybridized carbons (Fsp3) is 0.0746. The van der Waals surface area contributed by atoms with E-state index < -0.39 is 0 Å². The fourth-order valence-electron chi connectivity index (χ4n) is 11.2. The van der Waals surface area contributed by atoms with Crippen LogP contribution >= 0.6 is 0 Å². The minimum atomic E-state index is 0.285. The van der Waals surface area contributed by atoms with E-state index in [-0.39, 0.29) is 6.04 Å². The average molecular weight is 899 g/mol. The first-order valence-electron chi connectivity index (χ1n) is 24.5. The van der Waals surface area contributed by atoms with Crippen molar-refractivity contribution in [1.82, 2.24) is 0 Å². The summed E-state index contributed by atoms with van der Waals surface area (Å²) in [6.07, 6.45) is 5.93. The third kappa shape index (κ3) is 7.48. The predicted molar refractivity (Wildman–Crippen MR) is 294 cm³/mol. The monoisotopic (exact) mass is 898 g/mol. The molecule has 0 saturated heterocycles. The first-order chi connectivity index (χ1) is 34.6. The number of nitrogens with zero attached hydrogens (tertiary/aromatic N) is 2. The van der Waals surface area contributed by atoms with Crippen molar-refractivity contribution < 1.29 is 4.42 Å². The number of furan rings is 1. The van der Waals surface area contributed by atoms with Gasteiger partial charge in [-0.2, -0.15) is 0 Å². The highest BCUT2D eigenvalue weighted by Crippen LogP contribution is 2.52. The molecule has 3 unspecified atom stereocenters. The van der Waals surface area contributed by atoms with Gasteiger partial charge in [0.1, 0.15) is 11.2 Å². The van der Waals surface area contributed by atoms with Crippen molar-refractivity contribution in [2.45, 2.75) is 25.3 Å². The molecule has 10 aromatic carbocycles. The maximum Gasteiger partial charge on any atom is 0.135 e. The van der Waals surface area contributed by atoms with Gasteiger partial charge in [0.05, 0.1) is 6.04 Å². The van der Waals surface area contributed by atoms with Gasteiger partial charge in [-0.3, -0.25) is 0 Å². The lowest BCUT2D eigenvalue weighted by Gasteiger charge is -2.33. The molecule has 3 heteroatoms. The molecule has 1 aliphatic carbocycles. The maximum absolute atomic E-state index is 6.16. The Bertz CT molecular complexity index is 3670. The van der Waals surface area contributed by atoms with Crippen LogP contribution in [0.1, 0.15) is 24.8 Å². The number of allylic oxidation sites excluding steroid dienone is 1. The Morgan fingerprint density at radius 3 is 1.40 bits per heavy atom. The number of hydrogen-bond donors (Lipinski definition) is 0. The summed E-state index contributed by atoms with van der Waals surface area (Å²) in [5, 5.41) is 2.27. The largest absolute Gasteiger partial charge is 0.456 e. The van der Waals surface area contributed by atoms with Gasteiger partial charge in [-0.1, -0.05) is 183 Å². The highest BCUT2D eigenvalue weighted by Gasteiger charge is 2.42. The molecule has 0 fully saturated rings. The van der Waals surface area contributed by atoms with Gasteiger partial charge in [0, 0.05) is 45.1 Å². The van der Waals surface area contributed by atoms with Gasteiger partial charge < -0.3 is 14.2 Å². The van der Waals surface area contributed by atoms with Gasteiger partial charge in [-0.25, -0.2) is 0 Å². The van der Waals surface area contributed by atoms with Crippen molar-refractivity contribution in [3.05, 3.63) is 260 Å². The molecule has 0 saturated carbocycles. The van der Waals surface area contributed by atoms with Crippen LogP contribution in [0.2, 0.25) is 0 Å². The number of hydrogen-bond acceptors (Lipinski definition) is 3. The first-order valence-corrected chi connectivity index (χ1v) is 24.5. The third-order valence-corrected chi connectivity index (χ3v) is 14.8. The van der Waals surface area contributed by atoms with E-state index >= 15 is 0 Å². The van der Waals surface area contributed by atoms with Gasteiger partial charge in [-0.15, -0.1) is 0 Å². The van der Waals surface area contributed by atoms with Crippen molar-refractivity contribution in [3.8, 4) is 55.6 Å². The molecule has 13 rings (SSSR count). The predicted octanol–water partition coefficient (Wildman–Crippen LogP) is 18.6. The molecule has 1 aliphatic heterocycles. The third-order valence-electron chi connectivity index (χ3n) is 14.8. The summed E-state index contributed by atoms with van der Waals surface area (Å²) in [6.45, 7) is 2.42. The van der Waals surface area contributed by atoms with Crippen molar-refractivity contribution in [2.75, 3.05) is 9.80 Å². The van der Waals surface area contributed by atoms with Gasteiger partial charge in [-0.05, 0) is 152 Å². The van der Waals surface area contributed by atoms with Gasteiger partial charge in [0.2, 0.25) is 0 Å². The Hall–Kier alpha value is -8.66. The van der Waals surface area contributed by atoms with E-state index in [0.717, 1.165) is 56.5 Å². The van der Waals surface area contributed by atoms with Crippen LogP contribution in [0.3, 0.4) is 0 Å². The summed E-state index contributed by atoms with van der Waals surface area (Å²) in [5.41, 5.74) is 21.1. The quantitative estimate of drug-likeness (QED) is 0.135. The molecule has 0 amide bonds. The van der Waals surface area contributed by atoms with Crippen LogP contribution in [0.15, 0.2) is 259 Å². The Kier molecular flexibility index (Phi) is 10.4. The van der Waals surface area contributed by atoms with Crippen LogP contribution < -0.4 is 9.80 Å². The lowest BCUT2D eigenvalue weighted by molar-refractivity contribution is 0.429. The minimum Gasteiger partial charge on any atom is -0.456 e. The van der Waals surface area contributed by atoms with E-state index in [1.807, 2.05) is 12.1 Å². The standard InChI is InChI=1S/C67H50N2O/c1-45-11-10-17-64-67(45)62-44-54(31-41-63(62)69(64)59-39-25-50(26-40-59)47-14-6-3-7-15-47)52-27-35-57(36-28-52)68(56-33-23-51(24-34-56)49-21-19-48(20-22-49)46-12-4-2-5-13-46)58-37-29-53(30-38-58)55-32-42-66-61(43-55)60-16-8-9-18-65(60)70-66/h2-10,12-45,64,67H,11H2,1H3. The van der Waals surface area contributed by atoms with Crippen LogP contribution in [0, 0.1) is 5.92 Å². The summed E-state index contributed by atoms with van der Waals surface area (Å²) in [7, 11) is 0. The zero-order chi connectivity index (χ0) is 46.5. The summed E-state index contributed by atoms with van der Waals surface area (Å²) < 4.78 is 6.16. The lowest BCUT2D eigenvalue weighted by atomic mass is 9.78. The molecule has 2 heterocycles. The molecule has 0 bridgehead atoms. The normalized spacial score (nSPS) is 16.1. The Morgan fingerprint density at radius 2 is 0.829 bits per heavy atom. The highest BCUT2D eigenvalue weighted by molar-refractivity contribution is 6.06. The molecule has 0 N–H and O–H groups in total. The van der Waals surface area contributed by atoms with Gasteiger partial charge in [0.15, 0.2) is 0 Å². The van der Waals surface area contributed by atoms with Crippen molar-refractivity contribution >= 4 is 50.4 Å². The fourth-order valence-corrected chi connectivity index (χ4v) is 11.2. The zero-order valence-electron chi connectivity index (χ0n) is 39.0. The van der Waals surface area contributed by atoms with E-state index in [2.05, 4.69) is 259 Å². The van der Waals surface area contributed by atoms with Gasteiger partial charge in [0.25, 0.3) is 0 Å². The smallest absolute Gasteiger partial charge is 0.135 e. The lowest BCUT2D eigenvalue weighted by Crippen LogP contribution is -2.32. The molecule has 3 nitrogen and oxygen atoms in total. The number of rotatable bonds is 9. The molecule has 3 atom stereocenters. The van der Waals surface area contributed by atoms with Crippen LogP contribution in [-0.2, 0) is 0 Å². The Morgan fingerprint density at radius 1 is 0.400 bits per heavy atom. The molecule has 2 aliphatic rings. The molecular weight excluding hydrogens is 849 g/mol. The molecule has 1 aromatic heterocycles. The topological polar surface area (TPSA) is 19.6 Å². The molecule has 11 aromatic rings. The second kappa shape index (κ2) is 17.5. The Labute approximate surface area is 409 Å². The number of benzene rings is 10. The summed E-state index contributed by atoms with van der Waals surface area (Å²) >= 11 is 0. The zero-order valence-corrected chi connectivity index (χ0v) is 39.0. The van der Waals surface area contributed by atoms with Crippen molar-refractivity contribution in [3.63, 3.8) is 0 Å². The number of para-hydroxylation sites is 1. The van der Waals surface area contributed by atoms with Crippen molar-refractivity contribution in [2.24, 2.45) is 5.92 Å². The number of fused-ring (bicyclic) bond motifs is 6. The molecule has 0 spiro atoms. The molecule has 70 heavy (non-hydrogen) atoms. The van der Waals surface area contributed by atoms with E-state index in [0.29, 0.717) is 11.8 Å². The second-order valence-corrected chi connectivity index (χ2v) is 18.9. The summed E-state index contributed by atoms with van der Waals surface area (Å²) in [5.74, 6) is 0.950. The van der Waals surface area contributed by atoms with Crippen LogP contribution in [0.5, 0.6) is 0 Å². The van der Waals surface area contributed by atoms with E-state index in [1.54, 1.807) is 0 Å². The molecular formula is C67H50N2O. The molecule has 0 radical (unpaired) electrons. The summed E-state index contributed by atoms with van der Waals surface area (Å²) in [6, 6.07) is 88.5. The maximum atomic E-state index is 6.16. The first kappa shape index (κ1) is 41.5. The second-order valence-electron chi connectivity index (χ2n) is 18.9.